The van der Waals surface area contributed by atoms with Crippen LogP contribution in [0.2, 0.25) is 0 Å². The normalized spacial score (nSPS) is 11.9. The molecule has 0 radical (unpaired) electrons. The largest absolute Gasteiger partial charge is 0.454 e. The minimum absolute atomic E-state index is 0.0330. The highest BCUT2D eigenvalue weighted by Crippen LogP contribution is 2.45. The first-order valence-corrected chi connectivity index (χ1v) is 15.8. The minimum Gasteiger partial charge on any atom is -0.454 e. The van der Waals surface area contributed by atoms with E-state index in [9.17, 15) is 4.79 Å². The molecule has 0 spiro atoms. The number of fused-ring (bicyclic) bond motifs is 9. The second kappa shape index (κ2) is 9.80. The summed E-state index contributed by atoms with van der Waals surface area (Å²) in [6.07, 6.45) is 0. The van der Waals surface area contributed by atoms with Crippen molar-refractivity contribution in [3.63, 3.8) is 0 Å². The maximum atomic E-state index is 14.1. The summed E-state index contributed by atoms with van der Waals surface area (Å²) in [6.45, 7) is 0. The van der Waals surface area contributed by atoms with Gasteiger partial charge >= 0.3 is 0 Å². The van der Waals surface area contributed by atoms with Gasteiger partial charge in [-0.3, -0.25) is 4.79 Å². The Morgan fingerprint density at radius 1 is 0.447 bits per heavy atom. The van der Waals surface area contributed by atoms with E-state index in [1.165, 1.54) is 0 Å². The molecule has 4 nitrogen and oxygen atoms in total. The van der Waals surface area contributed by atoms with Crippen molar-refractivity contribution in [3.8, 4) is 22.5 Å². The lowest BCUT2D eigenvalue weighted by Crippen LogP contribution is -2.06. The predicted octanol–water partition coefficient (Wildman–Crippen LogP) is 10.8. The molecule has 7 aromatic carbocycles. The molecule has 0 aliphatic carbocycles. The second-order valence-corrected chi connectivity index (χ2v) is 12.0. The molecule has 0 amide bonds. The van der Waals surface area contributed by atoms with E-state index in [2.05, 4.69) is 130 Å². The molecular weight excluding hydrogens is 576 g/mol. The average molecular weight is 603 g/mol. The van der Waals surface area contributed by atoms with E-state index < -0.39 is 0 Å². The summed E-state index contributed by atoms with van der Waals surface area (Å²) in [5.41, 5.74) is 9.48. The molecule has 0 N–H and O–H groups in total. The van der Waals surface area contributed by atoms with Crippen LogP contribution in [0.3, 0.4) is 0 Å². The lowest BCUT2D eigenvalue weighted by molar-refractivity contribution is 0.657. The van der Waals surface area contributed by atoms with E-state index in [1.807, 2.05) is 36.4 Å². The SMILES string of the molecule is O=c1c2ccccc2oc2c(-n3c4ccccc4c4ccc5c(c6ccccc6n5-c5ccccc5)c43)c(-c3ccccc3)ccc12. The standard InChI is InChI=1S/C43H26N2O2/c46-42-33-19-9-12-22-38(33)47-43-34(42)24-23-29(27-13-3-1-4-14-27)41(43)45-35-20-10-7-17-30(35)31-25-26-37-39(40(31)45)32-18-8-11-21-36(32)44(37)28-15-5-2-6-16-28/h1-26H. The summed E-state index contributed by atoms with van der Waals surface area (Å²) in [5.74, 6) is 0. The summed E-state index contributed by atoms with van der Waals surface area (Å²) < 4.78 is 11.5. The van der Waals surface area contributed by atoms with Gasteiger partial charge in [0, 0.05) is 32.8 Å². The van der Waals surface area contributed by atoms with Crippen LogP contribution in [0.15, 0.2) is 167 Å². The predicted molar refractivity (Wildman–Crippen MR) is 194 cm³/mol. The summed E-state index contributed by atoms with van der Waals surface area (Å²) in [4.78, 5) is 14.1. The molecule has 0 bridgehead atoms. The van der Waals surface area contributed by atoms with E-state index in [0.29, 0.717) is 21.9 Å². The molecular formula is C43H26N2O2. The van der Waals surface area contributed by atoms with Crippen LogP contribution in [-0.2, 0) is 0 Å². The number of rotatable bonds is 3. The zero-order chi connectivity index (χ0) is 31.1. The van der Waals surface area contributed by atoms with Crippen molar-refractivity contribution in [2.75, 3.05) is 0 Å². The molecule has 4 heteroatoms. The summed E-state index contributed by atoms with van der Waals surface area (Å²) in [7, 11) is 0. The molecule has 47 heavy (non-hydrogen) atoms. The van der Waals surface area contributed by atoms with Gasteiger partial charge in [0.2, 0.25) is 5.43 Å². The monoisotopic (exact) mass is 602 g/mol. The summed E-state index contributed by atoms with van der Waals surface area (Å²) in [5, 5.41) is 5.73. The molecule has 220 valence electrons. The van der Waals surface area contributed by atoms with Crippen LogP contribution in [0.1, 0.15) is 0 Å². The highest BCUT2D eigenvalue weighted by molar-refractivity contribution is 6.26. The van der Waals surface area contributed by atoms with Gasteiger partial charge in [-0.25, -0.2) is 0 Å². The highest BCUT2D eigenvalue weighted by atomic mass is 16.3. The van der Waals surface area contributed by atoms with Crippen molar-refractivity contribution < 1.29 is 4.42 Å². The van der Waals surface area contributed by atoms with E-state index in [0.717, 1.165) is 66.1 Å². The van der Waals surface area contributed by atoms with Crippen molar-refractivity contribution in [3.05, 3.63) is 168 Å². The molecule has 10 rings (SSSR count). The van der Waals surface area contributed by atoms with Crippen molar-refractivity contribution in [1.29, 1.82) is 0 Å². The first kappa shape index (κ1) is 25.9. The van der Waals surface area contributed by atoms with Crippen LogP contribution in [0.5, 0.6) is 0 Å². The van der Waals surface area contributed by atoms with Crippen molar-refractivity contribution >= 4 is 65.6 Å². The summed E-state index contributed by atoms with van der Waals surface area (Å²) in [6, 6.07) is 54.1. The number of nitrogens with zero attached hydrogens (tertiary/aromatic N) is 2. The Hall–Kier alpha value is -6.39. The second-order valence-electron chi connectivity index (χ2n) is 12.0. The third-order valence-electron chi connectivity index (χ3n) is 9.51. The van der Waals surface area contributed by atoms with Gasteiger partial charge < -0.3 is 13.6 Å². The van der Waals surface area contributed by atoms with E-state index in [1.54, 1.807) is 0 Å². The van der Waals surface area contributed by atoms with Crippen LogP contribution in [-0.4, -0.2) is 9.13 Å². The summed E-state index contributed by atoms with van der Waals surface area (Å²) >= 11 is 0. The Labute approximate surface area is 268 Å². The molecule has 0 fully saturated rings. The maximum absolute atomic E-state index is 14.1. The van der Waals surface area contributed by atoms with Gasteiger partial charge in [0.25, 0.3) is 0 Å². The number of hydrogen-bond acceptors (Lipinski definition) is 2. The number of hydrogen-bond donors (Lipinski definition) is 0. The lowest BCUT2D eigenvalue weighted by Gasteiger charge is -2.17. The fourth-order valence-electron chi connectivity index (χ4n) is 7.52. The maximum Gasteiger partial charge on any atom is 0.200 e. The van der Waals surface area contributed by atoms with Gasteiger partial charge in [0.1, 0.15) is 5.58 Å². The van der Waals surface area contributed by atoms with Gasteiger partial charge in [0.15, 0.2) is 5.58 Å². The number of para-hydroxylation sites is 4. The quantitative estimate of drug-likeness (QED) is 0.189. The average Bonchev–Trinajstić information content (AvgIpc) is 3.65. The Balaban J connectivity index is 1.49. The van der Waals surface area contributed by atoms with Crippen LogP contribution >= 0.6 is 0 Å². The fourth-order valence-corrected chi connectivity index (χ4v) is 7.52. The Morgan fingerprint density at radius 3 is 1.85 bits per heavy atom. The van der Waals surface area contributed by atoms with Crippen LogP contribution < -0.4 is 5.43 Å². The molecule has 3 aromatic heterocycles. The molecule has 0 saturated carbocycles. The molecule has 0 aliphatic heterocycles. The number of benzene rings is 7. The highest BCUT2D eigenvalue weighted by Gasteiger charge is 2.25. The third-order valence-corrected chi connectivity index (χ3v) is 9.51. The van der Waals surface area contributed by atoms with E-state index in [-0.39, 0.29) is 5.43 Å². The van der Waals surface area contributed by atoms with Crippen molar-refractivity contribution in [2.24, 2.45) is 0 Å². The fraction of sp³-hybridized carbons (Fsp3) is 0. The molecule has 3 heterocycles. The van der Waals surface area contributed by atoms with Crippen molar-refractivity contribution in [1.82, 2.24) is 9.13 Å². The zero-order valence-corrected chi connectivity index (χ0v) is 25.2. The van der Waals surface area contributed by atoms with Crippen LogP contribution in [0.25, 0.3) is 88.1 Å². The van der Waals surface area contributed by atoms with Gasteiger partial charge in [0.05, 0.1) is 38.5 Å². The minimum atomic E-state index is -0.0330. The van der Waals surface area contributed by atoms with E-state index >= 15 is 0 Å². The van der Waals surface area contributed by atoms with Gasteiger partial charge in [-0.1, -0.05) is 109 Å². The lowest BCUT2D eigenvalue weighted by atomic mass is 10.00. The third kappa shape index (κ3) is 3.61. The van der Waals surface area contributed by atoms with E-state index in [4.69, 9.17) is 4.42 Å². The Kier molecular flexibility index (Phi) is 5.40. The smallest absolute Gasteiger partial charge is 0.200 e. The van der Waals surface area contributed by atoms with Crippen LogP contribution in [0.4, 0.5) is 0 Å². The first-order chi connectivity index (χ1) is 23.3. The van der Waals surface area contributed by atoms with Crippen molar-refractivity contribution in [2.45, 2.75) is 0 Å². The Morgan fingerprint density at radius 2 is 1.06 bits per heavy atom. The van der Waals surface area contributed by atoms with Gasteiger partial charge in [-0.15, -0.1) is 0 Å². The zero-order valence-electron chi connectivity index (χ0n) is 25.2. The molecule has 0 unspecified atom stereocenters. The molecule has 0 atom stereocenters. The first-order valence-electron chi connectivity index (χ1n) is 15.8. The topological polar surface area (TPSA) is 40.1 Å². The molecule has 0 aliphatic rings. The van der Waals surface area contributed by atoms with Crippen LogP contribution in [0, 0.1) is 0 Å². The molecule has 0 saturated heterocycles. The van der Waals surface area contributed by atoms with Gasteiger partial charge in [-0.2, -0.15) is 0 Å². The molecule has 10 aromatic rings. The Bertz CT molecular complexity index is 2910. The van der Waals surface area contributed by atoms with Gasteiger partial charge in [-0.05, 0) is 54.1 Å². The number of aromatic nitrogens is 2.